The van der Waals surface area contributed by atoms with Crippen molar-refractivity contribution in [3.05, 3.63) is 104 Å². The van der Waals surface area contributed by atoms with Crippen molar-refractivity contribution >= 4 is 11.6 Å². The summed E-state index contributed by atoms with van der Waals surface area (Å²) in [4.78, 5) is 26.5. The van der Waals surface area contributed by atoms with Gasteiger partial charge in [0.2, 0.25) is 0 Å². The summed E-state index contributed by atoms with van der Waals surface area (Å²) in [6.45, 7) is 6.36. The van der Waals surface area contributed by atoms with E-state index >= 15 is 0 Å². The van der Waals surface area contributed by atoms with Gasteiger partial charge < -0.3 is 0 Å². The van der Waals surface area contributed by atoms with Gasteiger partial charge in [-0.1, -0.05) is 49.7 Å². The molecule has 2 aliphatic rings. The standard InChI is InChI=1S/C27H24O2/c1-4-16(3)17-7-8-19-11-21-12-20-10-18-6-5-15(2)9-22(18)26(28)24(20)14-25(21)27(29)23(19)13-17/h5-9,12-14,16H,4,10-11H2,1-3H3. The maximum absolute atomic E-state index is 13.4. The Balaban J connectivity index is 1.61. The Hall–Kier alpha value is -3.00. The molecular formula is C27H24O2. The van der Waals surface area contributed by atoms with Crippen molar-refractivity contribution in [3.63, 3.8) is 0 Å². The fourth-order valence-corrected chi connectivity index (χ4v) is 4.67. The normalized spacial score (nSPS) is 15.3. The van der Waals surface area contributed by atoms with Crippen molar-refractivity contribution in [2.75, 3.05) is 0 Å². The van der Waals surface area contributed by atoms with Gasteiger partial charge in [-0.15, -0.1) is 0 Å². The predicted octanol–water partition coefficient (Wildman–Crippen LogP) is 5.78. The minimum atomic E-state index is 0.0414. The summed E-state index contributed by atoms with van der Waals surface area (Å²) in [5.41, 5.74) is 9.51. The van der Waals surface area contributed by atoms with E-state index in [9.17, 15) is 9.59 Å². The smallest absolute Gasteiger partial charge is 0.193 e. The maximum atomic E-state index is 13.4. The molecule has 3 aromatic carbocycles. The second-order valence-electron chi connectivity index (χ2n) is 8.56. The lowest BCUT2D eigenvalue weighted by Crippen LogP contribution is -2.21. The number of ketones is 2. The Kier molecular flexibility index (Phi) is 4.06. The van der Waals surface area contributed by atoms with E-state index in [2.05, 4.69) is 50.2 Å². The van der Waals surface area contributed by atoms with Crippen LogP contribution in [0.1, 0.15) is 91.4 Å². The van der Waals surface area contributed by atoms with Crippen LogP contribution in [0.3, 0.4) is 0 Å². The van der Waals surface area contributed by atoms with Gasteiger partial charge in [-0.2, -0.15) is 0 Å². The van der Waals surface area contributed by atoms with Gasteiger partial charge in [0.25, 0.3) is 0 Å². The fourth-order valence-electron chi connectivity index (χ4n) is 4.67. The summed E-state index contributed by atoms with van der Waals surface area (Å²) in [6, 6.07) is 16.4. The first-order chi connectivity index (χ1) is 14.0. The fraction of sp³-hybridized carbons (Fsp3) is 0.259. The summed E-state index contributed by atoms with van der Waals surface area (Å²) < 4.78 is 0. The minimum absolute atomic E-state index is 0.0414. The van der Waals surface area contributed by atoms with Crippen LogP contribution < -0.4 is 0 Å². The second kappa shape index (κ2) is 6.52. The van der Waals surface area contributed by atoms with E-state index in [1.807, 2.05) is 19.1 Å². The van der Waals surface area contributed by atoms with Gasteiger partial charge in [0.15, 0.2) is 11.6 Å². The van der Waals surface area contributed by atoms with Gasteiger partial charge in [0.1, 0.15) is 0 Å². The molecule has 1 atom stereocenters. The van der Waals surface area contributed by atoms with Crippen molar-refractivity contribution in [2.45, 2.75) is 46.0 Å². The second-order valence-corrected chi connectivity index (χ2v) is 8.56. The Morgan fingerprint density at radius 3 is 1.90 bits per heavy atom. The lowest BCUT2D eigenvalue weighted by molar-refractivity contribution is 0.103. The molecule has 5 rings (SSSR count). The average Bonchev–Trinajstić information content (AvgIpc) is 2.73. The SMILES string of the molecule is CCC(C)c1ccc2c(c1)C(=O)c1cc3c(cc1C2)Cc1ccc(C)cc1C3=O. The number of carbonyl (C=O) groups is 2. The minimum Gasteiger partial charge on any atom is -0.289 e. The van der Waals surface area contributed by atoms with Crippen molar-refractivity contribution in [3.8, 4) is 0 Å². The van der Waals surface area contributed by atoms with Crippen LogP contribution in [0.25, 0.3) is 0 Å². The zero-order chi connectivity index (χ0) is 20.3. The molecule has 0 aromatic heterocycles. The van der Waals surface area contributed by atoms with Crippen LogP contribution in [-0.2, 0) is 12.8 Å². The Morgan fingerprint density at radius 2 is 1.28 bits per heavy atom. The number of rotatable bonds is 2. The molecule has 0 fully saturated rings. The first-order valence-corrected chi connectivity index (χ1v) is 10.4. The quantitative estimate of drug-likeness (QED) is 0.389. The lowest BCUT2D eigenvalue weighted by Gasteiger charge is -2.25. The molecule has 2 nitrogen and oxygen atoms in total. The number of hydrogen-bond donors (Lipinski definition) is 0. The molecule has 0 radical (unpaired) electrons. The summed E-state index contributed by atoms with van der Waals surface area (Å²) >= 11 is 0. The molecule has 0 amide bonds. The summed E-state index contributed by atoms with van der Waals surface area (Å²) in [7, 11) is 0. The third-order valence-corrected chi connectivity index (χ3v) is 6.65. The molecule has 3 aromatic rings. The molecule has 0 saturated heterocycles. The molecule has 0 saturated carbocycles. The highest BCUT2D eigenvalue weighted by Crippen LogP contribution is 2.35. The van der Waals surface area contributed by atoms with Crippen LogP contribution in [-0.4, -0.2) is 11.6 Å². The van der Waals surface area contributed by atoms with Gasteiger partial charge in [-0.05, 0) is 78.1 Å². The van der Waals surface area contributed by atoms with Crippen LogP contribution in [0.5, 0.6) is 0 Å². The number of fused-ring (bicyclic) bond motifs is 4. The van der Waals surface area contributed by atoms with E-state index in [4.69, 9.17) is 0 Å². The first-order valence-electron chi connectivity index (χ1n) is 10.4. The van der Waals surface area contributed by atoms with Gasteiger partial charge in [-0.25, -0.2) is 0 Å². The molecule has 0 N–H and O–H groups in total. The highest BCUT2D eigenvalue weighted by molar-refractivity contribution is 6.17. The van der Waals surface area contributed by atoms with E-state index in [-0.39, 0.29) is 11.6 Å². The molecular weight excluding hydrogens is 356 g/mol. The van der Waals surface area contributed by atoms with E-state index < -0.39 is 0 Å². The maximum Gasteiger partial charge on any atom is 0.193 e. The lowest BCUT2D eigenvalue weighted by atomic mass is 9.77. The third kappa shape index (κ3) is 2.78. The van der Waals surface area contributed by atoms with Crippen LogP contribution in [0.15, 0.2) is 48.5 Å². The molecule has 0 spiro atoms. The summed E-state index contributed by atoms with van der Waals surface area (Å²) in [6.07, 6.45) is 2.54. The van der Waals surface area contributed by atoms with Crippen LogP contribution in [0, 0.1) is 6.92 Å². The van der Waals surface area contributed by atoms with Crippen molar-refractivity contribution in [2.24, 2.45) is 0 Å². The number of hydrogen-bond acceptors (Lipinski definition) is 2. The van der Waals surface area contributed by atoms with Gasteiger partial charge in [0.05, 0.1) is 0 Å². The predicted molar refractivity (Wildman–Crippen MR) is 115 cm³/mol. The molecule has 0 bridgehead atoms. The van der Waals surface area contributed by atoms with Gasteiger partial charge >= 0.3 is 0 Å². The van der Waals surface area contributed by atoms with Gasteiger partial charge in [-0.3, -0.25) is 9.59 Å². The Morgan fingerprint density at radius 1 is 0.724 bits per heavy atom. The van der Waals surface area contributed by atoms with Crippen LogP contribution in [0.4, 0.5) is 0 Å². The van der Waals surface area contributed by atoms with Crippen LogP contribution in [0.2, 0.25) is 0 Å². The third-order valence-electron chi connectivity index (χ3n) is 6.65. The van der Waals surface area contributed by atoms with E-state index in [0.29, 0.717) is 17.0 Å². The monoisotopic (exact) mass is 380 g/mol. The molecule has 1 unspecified atom stereocenters. The molecule has 2 heteroatoms. The zero-order valence-corrected chi connectivity index (χ0v) is 17.1. The molecule has 29 heavy (non-hydrogen) atoms. The Labute approximate surface area is 171 Å². The molecule has 0 heterocycles. The number of benzene rings is 3. The number of aryl methyl sites for hydroxylation is 1. The summed E-state index contributed by atoms with van der Waals surface area (Å²) in [5, 5.41) is 0. The van der Waals surface area contributed by atoms with Crippen molar-refractivity contribution in [1.82, 2.24) is 0 Å². The van der Waals surface area contributed by atoms with Gasteiger partial charge in [0, 0.05) is 22.3 Å². The molecule has 144 valence electrons. The summed E-state index contributed by atoms with van der Waals surface area (Å²) in [5.74, 6) is 0.524. The Bertz CT molecular complexity index is 1200. The van der Waals surface area contributed by atoms with Crippen LogP contribution >= 0.6 is 0 Å². The van der Waals surface area contributed by atoms with E-state index in [1.165, 1.54) is 5.56 Å². The van der Waals surface area contributed by atoms with E-state index in [0.717, 1.165) is 58.2 Å². The number of carbonyl (C=O) groups excluding carboxylic acids is 2. The molecule has 2 aliphatic carbocycles. The highest BCUT2D eigenvalue weighted by Gasteiger charge is 2.30. The van der Waals surface area contributed by atoms with Crippen molar-refractivity contribution < 1.29 is 9.59 Å². The molecule has 0 aliphatic heterocycles. The topological polar surface area (TPSA) is 34.1 Å². The average molecular weight is 380 g/mol. The highest BCUT2D eigenvalue weighted by atomic mass is 16.1. The largest absolute Gasteiger partial charge is 0.289 e. The zero-order valence-electron chi connectivity index (χ0n) is 17.1. The van der Waals surface area contributed by atoms with Crippen molar-refractivity contribution in [1.29, 1.82) is 0 Å². The first kappa shape index (κ1) is 18.1. The van der Waals surface area contributed by atoms with E-state index in [1.54, 1.807) is 0 Å².